The first-order chi connectivity index (χ1) is 9.92. The molecule has 0 amide bonds. The van der Waals surface area contributed by atoms with E-state index in [0.29, 0.717) is 0 Å². The van der Waals surface area contributed by atoms with E-state index >= 15 is 0 Å². The Labute approximate surface area is 120 Å². The number of nitrogens with zero attached hydrogens (tertiary/aromatic N) is 1. The van der Waals surface area contributed by atoms with Gasteiger partial charge in [-0.05, 0) is 36.1 Å². The Hall–Kier alpha value is -2.28. The Kier molecular flexibility index (Phi) is 3.98. The fraction of sp³-hybridized carbons (Fsp3) is 0.105. The van der Waals surface area contributed by atoms with E-state index in [0.717, 1.165) is 12.8 Å². The molecule has 99 valence electrons. The molecule has 3 rings (SSSR count). The van der Waals surface area contributed by atoms with Crippen molar-refractivity contribution in [3.05, 3.63) is 102 Å². The number of hydrogen-bond donors (Lipinski definition) is 0. The average Bonchev–Trinajstić information content (AvgIpc) is 3.03. The zero-order valence-electron chi connectivity index (χ0n) is 11.4. The highest BCUT2D eigenvalue weighted by atomic mass is 15.0. The van der Waals surface area contributed by atoms with E-state index < -0.39 is 0 Å². The summed E-state index contributed by atoms with van der Waals surface area (Å²) in [4.78, 5) is 0. The molecule has 0 aliphatic carbocycles. The van der Waals surface area contributed by atoms with Crippen molar-refractivity contribution in [3.8, 4) is 0 Å². The number of hydrogen-bond acceptors (Lipinski definition) is 0. The predicted octanol–water partition coefficient (Wildman–Crippen LogP) is 4.35. The van der Waals surface area contributed by atoms with Crippen LogP contribution in [-0.4, -0.2) is 4.57 Å². The van der Waals surface area contributed by atoms with Gasteiger partial charge in [0.1, 0.15) is 0 Å². The van der Waals surface area contributed by atoms with Crippen molar-refractivity contribution in [3.63, 3.8) is 0 Å². The summed E-state index contributed by atoms with van der Waals surface area (Å²) in [6.07, 6.45) is 6.21. The topological polar surface area (TPSA) is 4.93 Å². The summed E-state index contributed by atoms with van der Waals surface area (Å²) in [5.41, 5.74) is 2.71. The van der Waals surface area contributed by atoms with Crippen LogP contribution in [-0.2, 0) is 12.8 Å². The molecule has 20 heavy (non-hydrogen) atoms. The SMILES string of the molecule is c1ccc(C[C](Cc2ccccc2)n2cccc2)cc1. The normalized spacial score (nSPS) is 10.8. The van der Waals surface area contributed by atoms with Gasteiger partial charge >= 0.3 is 0 Å². The van der Waals surface area contributed by atoms with Gasteiger partial charge < -0.3 is 4.57 Å². The summed E-state index contributed by atoms with van der Waals surface area (Å²) in [7, 11) is 0. The lowest BCUT2D eigenvalue weighted by atomic mass is 9.99. The van der Waals surface area contributed by atoms with Gasteiger partial charge in [0.2, 0.25) is 0 Å². The van der Waals surface area contributed by atoms with E-state index in [1.807, 2.05) is 0 Å². The maximum absolute atomic E-state index is 2.24. The molecule has 0 unspecified atom stereocenters. The molecule has 0 bridgehead atoms. The molecule has 0 aliphatic rings. The van der Waals surface area contributed by atoms with Crippen LogP contribution in [0.5, 0.6) is 0 Å². The van der Waals surface area contributed by atoms with E-state index in [-0.39, 0.29) is 0 Å². The fourth-order valence-electron chi connectivity index (χ4n) is 2.45. The minimum Gasteiger partial charge on any atom is -0.345 e. The number of benzene rings is 2. The molecule has 0 saturated carbocycles. The van der Waals surface area contributed by atoms with Gasteiger partial charge in [-0.2, -0.15) is 0 Å². The molecule has 0 fully saturated rings. The molecule has 1 nitrogen and oxygen atoms in total. The summed E-state index contributed by atoms with van der Waals surface area (Å²) in [5.74, 6) is 0. The van der Waals surface area contributed by atoms with Gasteiger partial charge in [-0.15, -0.1) is 0 Å². The summed E-state index contributed by atoms with van der Waals surface area (Å²) < 4.78 is 2.24. The highest BCUT2D eigenvalue weighted by Gasteiger charge is 2.12. The van der Waals surface area contributed by atoms with Gasteiger partial charge in [-0.1, -0.05) is 60.7 Å². The van der Waals surface area contributed by atoms with E-state index in [4.69, 9.17) is 0 Å². The van der Waals surface area contributed by atoms with Crippen molar-refractivity contribution in [2.24, 2.45) is 0 Å². The molecule has 1 heteroatoms. The lowest BCUT2D eigenvalue weighted by Gasteiger charge is -2.18. The summed E-state index contributed by atoms with van der Waals surface area (Å²) in [5, 5.41) is 0. The minimum absolute atomic E-state index is 0.977. The third-order valence-electron chi connectivity index (χ3n) is 3.47. The van der Waals surface area contributed by atoms with E-state index in [9.17, 15) is 0 Å². The van der Waals surface area contributed by atoms with E-state index in [1.165, 1.54) is 17.2 Å². The third kappa shape index (κ3) is 3.18. The van der Waals surface area contributed by atoms with Crippen LogP contribution >= 0.6 is 0 Å². The summed E-state index contributed by atoms with van der Waals surface area (Å²) >= 11 is 0. The van der Waals surface area contributed by atoms with Crippen molar-refractivity contribution in [1.29, 1.82) is 0 Å². The maximum Gasteiger partial charge on any atom is 0.0760 e. The highest BCUT2D eigenvalue weighted by molar-refractivity contribution is 5.25. The predicted molar refractivity (Wildman–Crippen MR) is 83.4 cm³/mol. The lowest BCUT2D eigenvalue weighted by molar-refractivity contribution is 0.704. The van der Waals surface area contributed by atoms with Crippen molar-refractivity contribution in [2.45, 2.75) is 12.8 Å². The molecule has 1 radical (unpaired) electrons. The van der Waals surface area contributed by atoms with Gasteiger partial charge in [0, 0.05) is 12.4 Å². The standard InChI is InChI=1S/C19H18N/c1-3-9-17(10-4-1)15-19(20-13-7-8-14-20)16-18-11-5-2-6-12-18/h1-14H,15-16H2. The zero-order chi connectivity index (χ0) is 13.6. The first-order valence-corrected chi connectivity index (χ1v) is 6.98. The van der Waals surface area contributed by atoms with Crippen molar-refractivity contribution >= 4 is 0 Å². The van der Waals surface area contributed by atoms with Crippen LogP contribution in [0.15, 0.2) is 85.2 Å². The quantitative estimate of drug-likeness (QED) is 0.642. The largest absolute Gasteiger partial charge is 0.345 e. The second-order valence-electron chi connectivity index (χ2n) is 4.98. The Morgan fingerprint density at radius 3 is 1.50 bits per heavy atom. The molecule has 1 aromatic heterocycles. The van der Waals surface area contributed by atoms with Crippen LogP contribution < -0.4 is 0 Å². The fourth-order valence-corrected chi connectivity index (χ4v) is 2.45. The third-order valence-corrected chi connectivity index (χ3v) is 3.47. The van der Waals surface area contributed by atoms with Crippen LogP contribution in [0.3, 0.4) is 0 Å². The Morgan fingerprint density at radius 2 is 1.05 bits per heavy atom. The molecular formula is C19H18N. The van der Waals surface area contributed by atoms with Crippen LogP contribution in [0.1, 0.15) is 11.1 Å². The molecule has 0 atom stereocenters. The second-order valence-corrected chi connectivity index (χ2v) is 4.98. The Balaban J connectivity index is 1.81. The van der Waals surface area contributed by atoms with Gasteiger partial charge in [0.25, 0.3) is 0 Å². The van der Waals surface area contributed by atoms with Crippen molar-refractivity contribution in [1.82, 2.24) is 4.57 Å². The number of rotatable bonds is 5. The van der Waals surface area contributed by atoms with Crippen molar-refractivity contribution < 1.29 is 0 Å². The molecule has 0 saturated heterocycles. The molecule has 0 spiro atoms. The molecule has 0 N–H and O–H groups in total. The lowest BCUT2D eigenvalue weighted by Crippen LogP contribution is -2.14. The average molecular weight is 260 g/mol. The molecule has 3 aromatic rings. The van der Waals surface area contributed by atoms with Gasteiger partial charge in [0.15, 0.2) is 0 Å². The van der Waals surface area contributed by atoms with E-state index in [2.05, 4.69) is 89.8 Å². The first-order valence-electron chi connectivity index (χ1n) is 6.98. The van der Waals surface area contributed by atoms with Crippen LogP contribution in [0, 0.1) is 6.04 Å². The van der Waals surface area contributed by atoms with Gasteiger partial charge in [0.05, 0.1) is 6.04 Å². The molecule has 2 aromatic carbocycles. The zero-order valence-corrected chi connectivity index (χ0v) is 11.4. The van der Waals surface area contributed by atoms with Gasteiger partial charge in [-0.3, -0.25) is 0 Å². The Morgan fingerprint density at radius 1 is 0.600 bits per heavy atom. The second kappa shape index (κ2) is 6.25. The number of aromatic nitrogens is 1. The monoisotopic (exact) mass is 260 g/mol. The Bertz CT molecular complexity index is 570. The van der Waals surface area contributed by atoms with Gasteiger partial charge in [-0.25, -0.2) is 0 Å². The maximum atomic E-state index is 2.24. The van der Waals surface area contributed by atoms with Crippen LogP contribution in [0.4, 0.5) is 0 Å². The highest BCUT2D eigenvalue weighted by Crippen LogP contribution is 2.19. The van der Waals surface area contributed by atoms with Crippen molar-refractivity contribution in [2.75, 3.05) is 0 Å². The van der Waals surface area contributed by atoms with Crippen LogP contribution in [0.2, 0.25) is 0 Å². The minimum atomic E-state index is 0.977. The van der Waals surface area contributed by atoms with Crippen LogP contribution in [0.25, 0.3) is 0 Å². The summed E-state index contributed by atoms with van der Waals surface area (Å²) in [6.45, 7) is 0. The first kappa shape index (κ1) is 12.7. The molecular weight excluding hydrogens is 242 g/mol. The molecule has 0 aliphatic heterocycles. The summed E-state index contributed by atoms with van der Waals surface area (Å²) in [6, 6.07) is 26.9. The van der Waals surface area contributed by atoms with E-state index in [1.54, 1.807) is 0 Å². The molecule has 1 heterocycles. The smallest absolute Gasteiger partial charge is 0.0760 e.